The summed E-state index contributed by atoms with van der Waals surface area (Å²) in [5.74, 6) is 0.861. The van der Waals surface area contributed by atoms with E-state index in [0.717, 1.165) is 25.0 Å². The van der Waals surface area contributed by atoms with Gasteiger partial charge in [-0.2, -0.15) is 0 Å². The third-order valence-corrected chi connectivity index (χ3v) is 3.23. The quantitative estimate of drug-likeness (QED) is 0.709. The molecular weight excluding hydrogens is 172 g/mol. The average Bonchev–Trinajstić information content (AvgIpc) is 2.53. The predicted molar refractivity (Wildman–Crippen MR) is 62.3 cm³/mol. The maximum Gasteiger partial charge on any atom is 0.0108 e. The molecule has 1 saturated heterocycles. The molecule has 1 heterocycles. The van der Waals surface area contributed by atoms with E-state index in [-0.39, 0.29) is 0 Å². The van der Waals surface area contributed by atoms with Gasteiger partial charge in [-0.3, -0.25) is 4.90 Å². The second-order valence-corrected chi connectivity index (χ2v) is 4.95. The van der Waals surface area contributed by atoms with Crippen LogP contribution in [0.4, 0.5) is 0 Å². The fourth-order valence-electron chi connectivity index (χ4n) is 2.44. The SMILES string of the molecule is CC(C)CCCC1CCCN1CCN. The minimum atomic E-state index is 0.820. The van der Waals surface area contributed by atoms with Crippen molar-refractivity contribution in [3.8, 4) is 0 Å². The van der Waals surface area contributed by atoms with Crippen LogP contribution in [0.1, 0.15) is 46.0 Å². The van der Waals surface area contributed by atoms with E-state index >= 15 is 0 Å². The van der Waals surface area contributed by atoms with E-state index in [0.29, 0.717) is 0 Å². The lowest BCUT2D eigenvalue weighted by molar-refractivity contribution is 0.243. The average molecular weight is 198 g/mol. The summed E-state index contributed by atoms with van der Waals surface area (Å²) in [5.41, 5.74) is 5.61. The smallest absolute Gasteiger partial charge is 0.0108 e. The van der Waals surface area contributed by atoms with Crippen LogP contribution in [-0.4, -0.2) is 30.6 Å². The third kappa shape index (κ3) is 3.97. The summed E-state index contributed by atoms with van der Waals surface area (Å²) in [6.45, 7) is 7.83. The van der Waals surface area contributed by atoms with Gasteiger partial charge in [0.2, 0.25) is 0 Å². The largest absolute Gasteiger partial charge is 0.329 e. The number of hydrogen-bond donors (Lipinski definition) is 1. The first kappa shape index (κ1) is 12.0. The second kappa shape index (κ2) is 6.41. The zero-order valence-corrected chi connectivity index (χ0v) is 9.84. The summed E-state index contributed by atoms with van der Waals surface area (Å²) in [6, 6.07) is 0.845. The monoisotopic (exact) mass is 198 g/mol. The van der Waals surface area contributed by atoms with E-state index in [1.165, 1.54) is 38.6 Å². The fourth-order valence-corrected chi connectivity index (χ4v) is 2.44. The highest BCUT2D eigenvalue weighted by Crippen LogP contribution is 2.22. The van der Waals surface area contributed by atoms with Crippen LogP contribution in [0.5, 0.6) is 0 Å². The minimum Gasteiger partial charge on any atom is -0.329 e. The Kier molecular flexibility index (Phi) is 5.49. The van der Waals surface area contributed by atoms with Gasteiger partial charge in [-0.15, -0.1) is 0 Å². The zero-order chi connectivity index (χ0) is 10.4. The standard InChI is InChI=1S/C12H26N2/c1-11(2)5-3-6-12-7-4-9-14(12)10-8-13/h11-12H,3-10,13H2,1-2H3. The number of hydrogen-bond acceptors (Lipinski definition) is 2. The Labute approximate surface area is 88.8 Å². The second-order valence-electron chi connectivity index (χ2n) is 4.95. The Balaban J connectivity index is 2.15. The molecule has 1 atom stereocenters. The molecule has 2 nitrogen and oxygen atoms in total. The van der Waals surface area contributed by atoms with Crippen LogP contribution in [0.15, 0.2) is 0 Å². The summed E-state index contributed by atoms with van der Waals surface area (Å²) in [5, 5.41) is 0. The van der Waals surface area contributed by atoms with Crippen LogP contribution in [-0.2, 0) is 0 Å². The van der Waals surface area contributed by atoms with Gasteiger partial charge < -0.3 is 5.73 Å². The van der Waals surface area contributed by atoms with Gasteiger partial charge in [0.25, 0.3) is 0 Å². The first-order chi connectivity index (χ1) is 6.74. The van der Waals surface area contributed by atoms with Crippen molar-refractivity contribution in [3.05, 3.63) is 0 Å². The first-order valence-electron chi connectivity index (χ1n) is 6.18. The number of likely N-dealkylation sites (tertiary alicyclic amines) is 1. The molecule has 0 spiro atoms. The molecular formula is C12H26N2. The summed E-state index contributed by atoms with van der Waals surface area (Å²) in [4.78, 5) is 2.58. The molecule has 1 rings (SSSR count). The molecule has 0 saturated carbocycles. The van der Waals surface area contributed by atoms with E-state index in [4.69, 9.17) is 5.73 Å². The molecule has 0 aliphatic carbocycles. The molecule has 84 valence electrons. The van der Waals surface area contributed by atoms with Crippen molar-refractivity contribution in [2.24, 2.45) is 11.7 Å². The summed E-state index contributed by atoms with van der Waals surface area (Å²) in [6.07, 6.45) is 6.94. The molecule has 2 heteroatoms. The maximum absolute atomic E-state index is 5.61. The van der Waals surface area contributed by atoms with Crippen molar-refractivity contribution in [2.75, 3.05) is 19.6 Å². The van der Waals surface area contributed by atoms with Crippen LogP contribution in [0.2, 0.25) is 0 Å². The van der Waals surface area contributed by atoms with Gasteiger partial charge in [0.1, 0.15) is 0 Å². The van der Waals surface area contributed by atoms with Gasteiger partial charge in [-0.25, -0.2) is 0 Å². The van der Waals surface area contributed by atoms with Gasteiger partial charge in [0.05, 0.1) is 0 Å². The van der Waals surface area contributed by atoms with Crippen LogP contribution < -0.4 is 5.73 Å². The lowest BCUT2D eigenvalue weighted by Crippen LogP contribution is -2.33. The van der Waals surface area contributed by atoms with Gasteiger partial charge in [-0.1, -0.05) is 26.7 Å². The fraction of sp³-hybridized carbons (Fsp3) is 1.00. The van der Waals surface area contributed by atoms with Gasteiger partial charge in [0, 0.05) is 19.1 Å². The molecule has 0 aromatic carbocycles. The molecule has 0 bridgehead atoms. The molecule has 1 fully saturated rings. The third-order valence-electron chi connectivity index (χ3n) is 3.23. The van der Waals surface area contributed by atoms with Gasteiger partial charge in [0.15, 0.2) is 0 Å². The number of nitrogens with zero attached hydrogens (tertiary/aromatic N) is 1. The highest BCUT2D eigenvalue weighted by molar-refractivity contribution is 4.79. The van der Waals surface area contributed by atoms with Crippen LogP contribution in [0.25, 0.3) is 0 Å². The van der Waals surface area contributed by atoms with E-state index in [9.17, 15) is 0 Å². The van der Waals surface area contributed by atoms with Crippen molar-refractivity contribution >= 4 is 0 Å². The van der Waals surface area contributed by atoms with Crippen molar-refractivity contribution < 1.29 is 0 Å². The molecule has 0 amide bonds. The van der Waals surface area contributed by atoms with Crippen molar-refractivity contribution in [1.29, 1.82) is 0 Å². The number of rotatable bonds is 6. The van der Waals surface area contributed by atoms with Crippen molar-refractivity contribution in [3.63, 3.8) is 0 Å². The molecule has 0 aromatic heterocycles. The molecule has 0 aromatic rings. The Morgan fingerprint density at radius 2 is 2.21 bits per heavy atom. The Bertz CT molecular complexity index is 145. The lowest BCUT2D eigenvalue weighted by atomic mass is 10.0. The Hall–Kier alpha value is -0.0800. The van der Waals surface area contributed by atoms with Gasteiger partial charge in [-0.05, 0) is 31.7 Å². The van der Waals surface area contributed by atoms with Crippen LogP contribution in [0, 0.1) is 5.92 Å². The Morgan fingerprint density at radius 1 is 1.43 bits per heavy atom. The topological polar surface area (TPSA) is 29.3 Å². The van der Waals surface area contributed by atoms with E-state index < -0.39 is 0 Å². The van der Waals surface area contributed by atoms with E-state index in [1.54, 1.807) is 0 Å². The maximum atomic E-state index is 5.61. The van der Waals surface area contributed by atoms with Gasteiger partial charge >= 0.3 is 0 Å². The molecule has 1 aliphatic rings. The molecule has 0 radical (unpaired) electrons. The molecule has 2 N–H and O–H groups in total. The summed E-state index contributed by atoms with van der Waals surface area (Å²) >= 11 is 0. The zero-order valence-electron chi connectivity index (χ0n) is 9.84. The van der Waals surface area contributed by atoms with E-state index in [2.05, 4.69) is 18.7 Å². The minimum absolute atomic E-state index is 0.820. The lowest BCUT2D eigenvalue weighted by Gasteiger charge is -2.23. The van der Waals surface area contributed by atoms with E-state index in [1.807, 2.05) is 0 Å². The molecule has 1 aliphatic heterocycles. The highest BCUT2D eigenvalue weighted by Gasteiger charge is 2.22. The number of nitrogens with two attached hydrogens (primary N) is 1. The first-order valence-corrected chi connectivity index (χ1v) is 6.18. The van der Waals surface area contributed by atoms with Crippen molar-refractivity contribution in [2.45, 2.75) is 52.0 Å². The van der Waals surface area contributed by atoms with Crippen LogP contribution in [0.3, 0.4) is 0 Å². The summed E-state index contributed by atoms with van der Waals surface area (Å²) in [7, 11) is 0. The highest BCUT2D eigenvalue weighted by atomic mass is 15.2. The summed E-state index contributed by atoms with van der Waals surface area (Å²) < 4.78 is 0. The van der Waals surface area contributed by atoms with Crippen molar-refractivity contribution in [1.82, 2.24) is 4.90 Å². The molecule has 14 heavy (non-hydrogen) atoms. The van der Waals surface area contributed by atoms with Crippen LogP contribution >= 0.6 is 0 Å². The molecule has 1 unspecified atom stereocenters. The normalized spacial score (nSPS) is 23.6. The predicted octanol–water partition coefficient (Wildman–Crippen LogP) is 2.24. The Morgan fingerprint density at radius 3 is 2.86 bits per heavy atom.